The lowest BCUT2D eigenvalue weighted by Crippen LogP contribution is -2.35. The molecule has 1 atom stereocenters. The number of para-hydroxylation sites is 2. The van der Waals surface area contributed by atoms with Gasteiger partial charge in [-0.15, -0.1) is 0 Å². The van der Waals surface area contributed by atoms with Gasteiger partial charge in [-0.3, -0.25) is 9.59 Å². The van der Waals surface area contributed by atoms with E-state index < -0.39 is 6.04 Å². The lowest BCUT2D eigenvalue weighted by atomic mass is 10.1. The Hall–Kier alpha value is -2.82. The van der Waals surface area contributed by atoms with Crippen LogP contribution in [0, 0.1) is 13.8 Å². The lowest BCUT2D eigenvalue weighted by Gasteiger charge is -2.18. The highest BCUT2D eigenvalue weighted by Gasteiger charge is 2.40. The van der Waals surface area contributed by atoms with Crippen molar-refractivity contribution in [2.45, 2.75) is 26.3 Å². The van der Waals surface area contributed by atoms with Crippen molar-refractivity contribution in [2.75, 3.05) is 10.2 Å². The lowest BCUT2D eigenvalue weighted by molar-refractivity contribution is -0.121. The smallest absolute Gasteiger partial charge is 0.256 e. The molecular weight excluding hydrogens is 292 g/mol. The molecule has 1 saturated heterocycles. The van der Waals surface area contributed by atoms with Crippen molar-refractivity contribution in [1.82, 2.24) is 0 Å². The molecule has 1 aliphatic rings. The third-order valence-electron chi connectivity index (χ3n) is 3.97. The topological polar surface area (TPSA) is 69.6 Å². The van der Waals surface area contributed by atoms with Crippen LogP contribution >= 0.6 is 0 Å². The third-order valence-corrected chi connectivity index (χ3v) is 3.97. The number of phenols is 1. The molecule has 118 valence electrons. The molecule has 2 N–H and O–H groups in total. The monoisotopic (exact) mass is 310 g/mol. The molecular formula is C18H18N2O3. The summed E-state index contributed by atoms with van der Waals surface area (Å²) in [7, 11) is 0. The van der Waals surface area contributed by atoms with Gasteiger partial charge in [0, 0.05) is 0 Å². The van der Waals surface area contributed by atoms with Crippen LogP contribution in [0.3, 0.4) is 0 Å². The first-order valence-electron chi connectivity index (χ1n) is 7.46. The molecule has 3 rings (SSSR count). The van der Waals surface area contributed by atoms with Crippen LogP contribution in [0.15, 0.2) is 42.5 Å². The number of rotatable bonds is 3. The third kappa shape index (κ3) is 2.77. The van der Waals surface area contributed by atoms with Crippen molar-refractivity contribution in [3.05, 3.63) is 53.6 Å². The second-order valence-electron chi connectivity index (χ2n) is 5.78. The highest BCUT2D eigenvalue weighted by atomic mass is 16.3. The number of amides is 2. The summed E-state index contributed by atoms with van der Waals surface area (Å²) in [5, 5.41) is 12.8. The molecule has 5 nitrogen and oxygen atoms in total. The van der Waals surface area contributed by atoms with Crippen molar-refractivity contribution in [2.24, 2.45) is 0 Å². The van der Waals surface area contributed by atoms with Gasteiger partial charge in [0.1, 0.15) is 11.8 Å². The van der Waals surface area contributed by atoms with Gasteiger partial charge in [-0.2, -0.15) is 0 Å². The first kappa shape index (κ1) is 15.1. The fourth-order valence-electron chi connectivity index (χ4n) is 2.84. The molecule has 0 spiro atoms. The van der Waals surface area contributed by atoms with Crippen molar-refractivity contribution in [1.29, 1.82) is 0 Å². The van der Waals surface area contributed by atoms with E-state index in [2.05, 4.69) is 5.32 Å². The van der Waals surface area contributed by atoms with Gasteiger partial charge in [0.2, 0.25) is 5.91 Å². The molecule has 2 aromatic carbocycles. The van der Waals surface area contributed by atoms with Gasteiger partial charge < -0.3 is 10.4 Å². The van der Waals surface area contributed by atoms with Crippen molar-refractivity contribution < 1.29 is 14.7 Å². The van der Waals surface area contributed by atoms with E-state index in [9.17, 15) is 14.7 Å². The predicted octanol–water partition coefficient (Wildman–Crippen LogP) is 2.75. The average molecular weight is 310 g/mol. The fourth-order valence-corrected chi connectivity index (χ4v) is 2.84. The Kier molecular flexibility index (Phi) is 3.78. The Balaban J connectivity index is 1.87. The highest BCUT2D eigenvalue weighted by Crippen LogP contribution is 2.30. The number of hydrogen-bond donors (Lipinski definition) is 2. The molecule has 23 heavy (non-hydrogen) atoms. The number of phenolic OH excluding ortho intramolecular Hbond substituents is 1. The summed E-state index contributed by atoms with van der Waals surface area (Å²) in [5.41, 5.74) is 3.03. The minimum absolute atomic E-state index is 0.0534. The summed E-state index contributed by atoms with van der Waals surface area (Å²) in [6.07, 6.45) is 0.0699. The number of carbonyl (C=O) groups is 2. The molecule has 1 unspecified atom stereocenters. The molecule has 5 heteroatoms. The molecule has 0 aromatic heterocycles. The zero-order valence-electron chi connectivity index (χ0n) is 13.0. The largest absolute Gasteiger partial charge is 0.506 e. The van der Waals surface area contributed by atoms with E-state index in [1.54, 1.807) is 24.3 Å². The number of aryl methyl sites for hydroxylation is 2. The van der Waals surface area contributed by atoms with Crippen LogP contribution in [0.2, 0.25) is 0 Å². The molecule has 2 amide bonds. The maximum absolute atomic E-state index is 12.6. The first-order valence-corrected chi connectivity index (χ1v) is 7.46. The standard InChI is InChI=1S/C18H18N2O3/c1-11-7-8-15(12(2)9-11)20-17(22)10-14(18(20)23)19-13-5-3-4-6-16(13)21/h3-9,14,19,21H,10H2,1-2H3. The Morgan fingerprint density at radius 1 is 1.13 bits per heavy atom. The first-order chi connectivity index (χ1) is 11.0. The second kappa shape index (κ2) is 5.76. The molecule has 0 aliphatic carbocycles. The zero-order valence-corrected chi connectivity index (χ0v) is 13.0. The Morgan fingerprint density at radius 2 is 1.87 bits per heavy atom. The maximum atomic E-state index is 12.6. The summed E-state index contributed by atoms with van der Waals surface area (Å²) < 4.78 is 0. The van der Waals surface area contributed by atoms with Crippen LogP contribution in [0.5, 0.6) is 5.75 Å². The molecule has 2 aromatic rings. The highest BCUT2D eigenvalue weighted by molar-refractivity contribution is 6.23. The van der Waals surface area contributed by atoms with Gasteiger partial charge in [0.25, 0.3) is 5.91 Å². The van der Waals surface area contributed by atoms with Crippen LogP contribution in [0.25, 0.3) is 0 Å². The van der Waals surface area contributed by atoms with Gasteiger partial charge in [-0.1, -0.05) is 29.8 Å². The number of nitrogens with one attached hydrogen (secondary N) is 1. The summed E-state index contributed by atoms with van der Waals surface area (Å²) in [5.74, 6) is -0.488. The second-order valence-corrected chi connectivity index (χ2v) is 5.78. The molecule has 0 saturated carbocycles. The summed E-state index contributed by atoms with van der Waals surface area (Å²) in [6.45, 7) is 3.85. The van der Waals surface area contributed by atoms with E-state index in [1.165, 1.54) is 11.0 Å². The van der Waals surface area contributed by atoms with Crippen LogP contribution in [-0.4, -0.2) is 23.0 Å². The molecule has 1 heterocycles. The van der Waals surface area contributed by atoms with Crippen LogP contribution in [0.4, 0.5) is 11.4 Å². The number of aromatic hydroxyl groups is 1. The maximum Gasteiger partial charge on any atom is 0.256 e. The van der Waals surface area contributed by atoms with Gasteiger partial charge in [-0.05, 0) is 37.6 Å². The predicted molar refractivity (Wildman–Crippen MR) is 88.5 cm³/mol. The average Bonchev–Trinajstić information content (AvgIpc) is 2.77. The number of imide groups is 1. The van der Waals surface area contributed by atoms with E-state index >= 15 is 0 Å². The van der Waals surface area contributed by atoms with E-state index in [-0.39, 0.29) is 24.0 Å². The van der Waals surface area contributed by atoms with E-state index in [0.29, 0.717) is 11.4 Å². The summed E-state index contributed by atoms with van der Waals surface area (Å²) in [6, 6.07) is 11.6. The van der Waals surface area contributed by atoms with E-state index in [1.807, 2.05) is 26.0 Å². The minimum Gasteiger partial charge on any atom is -0.506 e. The zero-order chi connectivity index (χ0) is 16.6. The summed E-state index contributed by atoms with van der Waals surface area (Å²) >= 11 is 0. The minimum atomic E-state index is -0.670. The van der Waals surface area contributed by atoms with Crippen LogP contribution in [-0.2, 0) is 9.59 Å². The summed E-state index contributed by atoms with van der Waals surface area (Å²) in [4.78, 5) is 26.2. The van der Waals surface area contributed by atoms with Crippen molar-refractivity contribution in [3.8, 4) is 5.75 Å². The van der Waals surface area contributed by atoms with Crippen LogP contribution < -0.4 is 10.2 Å². The molecule has 1 fully saturated rings. The van der Waals surface area contributed by atoms with Crippen molar-refractivity contribution >= 4 is 23.2 Å². The normalized spacial score (nSPS) is 17.7. The SMILES string of the molecule is Cc1ccc(N2C(=O)CC(Nc3ccccc3O)C2=O)c(C)c1. The molecule has 0 bridgehead atoms. The quantitative estimate of drug-likeness (QED) is 0.675. The number of anilines is 2. The van der Waals surface area contributed by atoms with Gasteiger partial charge in [-0.25, -0.2) is 4.90 Å². The number of carbonyl (C=O) groups excluding carboxylic acids is 2. The van der Waals surface area contributed by atoms with E-state index in [0.717, 1.165) is 11.1 Å². The number of benzene rings is 2. The Morgan fingerprint density at radius 3 is 2.57 bits per heavy atom. The fraction of sp³-hybridized carbons (Fsp3) is 0.222. The molecule has 1 aliphatic heterocycles. The number of hydrogen-bond acceptors (Lipinski definition) is 4. The Bertz CT molecular complexity index is 786. The van der Waals surface area contributed by atoms with Gasteiger partial charge in [0.15, 0.2) is 0 Å². The number of nitrogens with zero attached hydrogens (tertiary/aromatic N) is 1. The Labute approximate surface area is 134 Å². The van der Waals surface area contributed by atoms with Gasteiger partial charge in [0.05, 0.1) is 17.8 Å². The molecule has 0 radical (unpaired) electrons. The van der Waals surface area contributed by atoms with Gasteiger partial charge >= 0.3 is 0 Å². The van der Waals surface area contributed by atoms with Crippen molar-refractivity contribution in [3.63, 3.8) is 0 Å². The van der Waals surface area contributed by atoms with Crippen LogP contribution in [0.1, 0.15) is 17.5 Å². The van der Waals surface area contributed by atoms with E-state index in [4.69, 9.17) is 0 Å².